The van der Waals surface area contributed by atoms with Gasteiger partial charge in [-0.3, -0.25) is 4.90 Å². The highest BCUT2D eigenvalue weighted by Crippen LogP contribution is 2.40. The fraction of sp³-hybridized carbons (Fsp3) is 0.579. The van der Waals surface area contributed by atoms with Crippen LogP contribution in [0.5, 0.6) is 5.75 Å². The lowest BCUT2D eigenvalue weighted by atomic mass is 9.78. The third-order valence-electron chi connectivity index (χ3n) is 3.97. The summed E-state index contributed by atoms with van der Waals surface area (Å²) < 4.78 is 0. The second-order valence-corrected chi connectivity index (χ2v) is 9.43. The van der Waals surface area contributed by atoms with Gasteiger partial charge in [-0.1, -0.05) is 41.5 Å². The molecule has 0 saturated carbocycles. The van der Waals surface area contributed by atoms with Crippen LogP contribution in [-0.4, -0.2) is 29.5 Å². The van der Waals surface area contributed by atoms with Gasteiger partial charge in [0, 0.05) is 28.5 Å². The first kappa shape index (κ1) is 17.4. The number of rotatable bonds is 1. The minimum absolute atomic E-state index is 0.0712. The lowest BCUT2D eigenvalue weighted by molar-refractivity contribution is 0.423. The van der Waals surface area contributed by atoms with E-state index in [0.29, 0.717) is 5.75 Å². The number of benzene rings is 1. The molecule has 1 heterocycles. The molecule has 1 aromatic rings. The van der Waals surface area contributed by atoms with Crippen LogP contribution >= 0.6 is 11.8 Å². The standard InChI is InChI=1S/C19H29NOS/c1-18(2,3)15-9-13(8-14-11-20(7)12-22-14)10-16(17(15)21)19(4,5)6/h8-10,21H,11-12H2,1-7H3. The third kappa shape index (κ3) is 3.88. The number of likely N-dealkylation sites (N-methyl/N-ethyl adjacent to an activating group) is 1. The van der Waals surface area contributed by atoms with Crippen LogP contribution < -0.4 is 0 Å². The maximum Gasteiger partial charge on any atom is 0.123 e. The van der Waals surface area contributed by atoms with Gasteiger partial charge in [0.25, 0.3) is 0 Å². The number of phenolic OH excluding ortho intramolecular Hbond substituents is 1. The molecular weight excluding hydrogens is 290 g/mol. The molecule has 1 aliphatic rings. The van der Waals surface area contributed by atoms with Gasteiger partial charge < -0.3 is 5.11 Å². The molecule has 1 aliphatic heterocycles. The zero-order chi connectivity index (χ0) is 16.7. The van der Waals surface area contributed by atoms with Crippen molar-refractivity contribution in [3.8, 4) is 5.75 Å². The van der Waals surface area contributed by atoms with Gasteiger partial charge in [-0.15, -0.1) is 11.8 Å². The number of hydrogen-bond acceptors (Lipinski definition) is 3. The maximum atomic E-state index is 10.8. The Hall–Kier alpha value is -0.930. The highest BCUT2D eigenvalue weighted by Gasteiger charge is 2.26. The SMILES string of the molecule is CN1CSC(=Cc2cc(C(C)(C)C)c(O)c(C(C)(C)C)c2)C1. The first-order valence-corrected chi connectivity index (χ1v) is 8.87. The molecule has 0 spiro atoms. The molecule has 0 amide bonds. The van der Waals surface area contributed by atoms with Crippen LogP contribution in [0, 0.1) is 0 Å². The van der Waals surface area contributed by atoms with E-state index in [1.165, 1.54) is 10.5 Å². The Bertz CT molecular complexity index is 555. The Morgan fingerprint density at radius 2 is 1.55 bits per heavy atom. The van der Waals surface area contributed by atoms with Crippen LogP contribution in [0.25, 0.3) is 6.08 Å². The van der Waals surface area contributed by atoms with Crippen molar-refractivity contribution in [2.24, 2.45) is 0 Å². The van der Waals surface area contributed by atoms with Crippen LogP contribution in [-0.2, 0) is 10.8 Å². The average Bonchev–Trinajstić information content (AvgIpc) is 2.74. The van der Waals surface area contributed by atoms with E-state index >= 15 is 0 Å². The zero-order valence-corrected chi connectivity index (χ0v) is 15.8. The summed E-state index contributed by atoms with van der Waals surface area (Å²) in [6.07, 6.45) is 2.28. The summed E-state index contributed by atoms with van der Waals surface area (Å²) in [6.45, 7) is 14.0. The highest BCUT2D eigenvalue weighted by atomic mass is 32.2. The van der Waals surface area contributed by atoms with Crippen LogP contribution in [0.3, 0.4) is 0 Å². The molecule has 1 fully saturated rings. The predicted octanol–water partition coefficient (Wildman–Crippen LogP) is 4.96. The number of thioether (sulfide) groups is 1. The Labute approximate surface area is 139 Å². The minimum atomic E-state index is -0.0712. The van der Waals surface area contributed by atoms with E-state index in [-0.39, 0.29) is 10.8 Å². The van der Waals surface area contributed by atoms with E-state index in [1.807, 2.05) is 11.8 Å². The van der Waals surface area contributed by atoms with Crippen molar-refractivity contribution >= 4 is 17.8 Å². The third-order valence-corrected chi connectivity index (χ3v) is 5.16. The van der Waals surface area contributed by atoms with Crippen LogP contribution in [0.4, 0.5) is 0 Å². The quantitative estimate of drug-likeness (QED) is 0.791. The van der Waals surface area contributed by atoms with Crippen molar-refractivity contribution in [3.63, 3.8) is 0 Å². The van der Waals surface area contributed by atoms with Crippen LogP contribution in [0.15, 0.2) is 17.0 Å². The Morgan fingerprint density at radius 1 is 1.05 bits per heavy atom. The molecule has 0 atom stereocenters. The second-order valence-electron chi connectivity index (χ2n) is 8.36. The van der Waals surface area contributed by atoms with Gasteiger partial charge in [0.1, 0.15) is 5.75 Å². The fourth-order valence-corrected chi connectivity index (χ4v) is 3.72. The van der Waals surface area contributed by atoms with Crippen molar-refractivity contribution in [1.82, 2.24) is 4.90 Å². The summed E-state index contributed by atoms with van der Waals surface area (Å²) in [5.41, 5.74) is 3.12. The summed E-state index contributed by atoms with van der Waals surface area (Å²) in [5, 5.41) is 10.8. The number of aromatic hydroxyl groups is 1. The predicted molar refractivity (Wildman–Crippen MR) is 98.6 cm³/mol. The molecule has 1 N–H and O–H groups in total. The van der Waals surface area contributed by atoms with Gasteiger partial charge in [0.05, 0.1) is 0 Å². The molecular formula is C19H29NOS. The van der Waals surface area contributed by atoms with Crippen LogP contribution in [0.1, 0.15) is 58.2 Å². The minimum Gasteiger partial charge on any atom is -0.507 e. The van der Waals surface area contributed by atoms with Crippen LogP contribution in [0.2, 0.25) is 0 Å². The molecule has 0 unspecified atom stereocenters. The van der Waals surface area contributed by atoms with Gasteiger partial charge >= 0.3 is 0 Å². The molecule has 22 heavy (non-hydrogen) atoms. The van der Waals surface area contributed by atoms with E-state index in [9.17, 15) is 5.11 Å². The molecule has 3 heteroatoms. The number of nitrogens with zero attached hydrogens (tertiary/aromatic N) is 1. The first-order chi connectivity index (χ1) is 9.98. The summed E-state index contributed by atoms with van der Waals surface area (Å²) in [6, 6.07) is 4.30. The van der Waals surface area contributed by atoms with Gasteiger partial charge in [-0.2, -0.15) is 0 Å². The van der Waals surface area contributed by atoms with Gasteiger partial charge in [-0.05, 0) is 41.6 Å². The fourth-order valence-electron chi connectivity index (χ4n) is 2.71. The topological polar surface area (TPSA) is 23.5 Å². The monoisotopic (exact) mass is 319 g/mol. The van der Waals surface area contributed by atoms with E-state index in [1.54, 1.807) is 0 Å². The lowest BCUT2D eigenvalue weighted by Gasteiger charge is -2.28. The Balaban J connectivity index is 2.56. The van der Waals surface area contributed by atoms with Gasteiger partial charge in [0.2, 0.25) is 0 Å². The number of phenols is 1. The number of hydrogen-bond donors (Lipinski definition) is 1. The molecule has 122 valence electrons. The first-order valence-electron chi connectivity index (χ1n) is 7.88. The van der Waals surface area contributed by atoms with E-state index in [4.69, 9.17) is 0 Å². The smallest absolute Gasteiger partial charge is 0.123 e. The van der Waals surface area contributed by atoms with Crippen molar-refractivity contribution in [2.75, 3.05) is 19.5 Å². The molecule has 1 aromatic carbocycles. The van der Waals surface area contributed by atoms with Gasteiger partial charge in [-0.25, -0.2) is 0 Å². The normalized spacial score (nSPS) is 19.1. The summed E-state index contributed by atoms with van der Waals surface area (Å²) in [5.74, 6) is 1.51. The van der Waals surface area contributed by atoms with Crippen molar-refractivity contribution in [2.45, 2.75) is 52.4 Å². The summed E-state index contributed by atoms with van der Waals surface area (Å²) >= 11 is 1.90. The molecule has 2 nitrogen and oxygen atoms in total. The molecule has 0 aromatic heterocycles. The van der Waals surface area contributed by atoms with E-state index < -0.39 is 0 Å². The Kier molecular flexibility index (Phi) is 4.70. The van der Waals surface area contributed by atoms with Gasteiger partial charge in [0.15, 0.2) is 0 Å². The summed E-state index contributed by atoms with van der Waals surface area (Å²) in [4.78, 5) is 3.71. The van der Waals surface area contributed by atoms with E-state index in [2.05, 4.69) is 71.7 Å². The van der Waals surface area contributed by atoms with Crippen molar-refractivity contribution in [1.29, 1.82) is 0 Å². The largest absolute Gasteiger partial charge is 0.507 e. The highest BCUT2D eigenvalue weighted by molar-refractivity contribution is 8.03. The zero-order valence-electron chi connectivity index (χ0n) is 14.9. The maximum absolute atomic E-state index is 10.8. The van der Waals surface area contributed by atoms with E-state index in [0.717, 1.165) is 23.5 Å². The average molecular weight is 320 g/mol. The second kappa shape index (κ2) is 5.93. The Morgan fingerprint density at radius 3 is 1.91 bits per heavy atom. The summed E-state index contributed by atoms with van der Waals surface area (Å²) in [7, 11) is 2.14. The molecule has 2 rings (SSSR count). The van der Waals surface area contributed by atoms with Crippen molar-refractivity contribution < 1.29 is 5.11 Å². The lowest BCUT2D eigenvalue weighted by Crippen LogP contribution is -2.17. The van der Waals surface area contributed by atoms with Crippen molar-refractivity contribution in [3.05, 3.63) is 33.7 Å². The molecule has 0 bridgehead atoms. The molecule has 1 saturated heterocycles. The molecule has 0 aliphatic carbocycles. The molecule has 0 radical (unpaired) electrons.